The van der Waals surface area contributed by atoms with Crippen LogP contribution in [0.15, 0.2) is 30.3 Å². The Morgan fingerprint density at radius 3 is 2.64 bits per heavy atom. The molecule has 0 saturated carbocycles. The number of carbonyl (C=O) groups is 1. The van der Waals surface area contributed by atoms with Crippen molar-refractivity contribution in [1.29, 1.82) is 0 Å². The fraction of sp³-hybridized carbons (Fsp3) is 0.222. The highest BCUT2D eigenvalue weighted by Gasteiger charge is 1.95. The normalized spacial score (nSPS) is 8.73. The third-order valence-electron chi connectivity index (χ3n) is 1.63. The molecular formula is C9H10MgO. The van der Waals surface area contributed by atoms with Crippen LogP contribution in [0.4, 0.5) is 0 Å². The Morgan fingerprint density at radius 1 is 1.27 bits per heavy atom. The van der Waals surface area contributed by atoms with E-state index in [9.17, 15) is 4.79 Å². The van der Waals surface area contributed by atoms with Gasteiger partial charge in [0, 0.05) is 0 Å². The molecule has 0 N–H and O–H groups in total. The lowest BCUT2D eigenvalue weighted by molar-refractivity contribution is -0.106. The van der Waals surface area contributed by atoms with Gasteiger partial charge in [-0.2, -0.15) is 0 Å². The Hall–Kier alpha value is -0.344. The average molecular weight is 158 g/mol. The van der Waals surface area contributed by atoms with E-state index >= 15 is 0 Å². The first-order chi connectivity index (χ1) is 5.43. The van der Waals surface area contributed by atoms with Crippen molar-refractivity contribution < 1.29 is 4.79 Å². The van der Waals surface area contributed by atoms with Crippen LogP contribution in [0.1, 0.15) is 5.56 Å². The third-order valence-corrected chi connectivity index (χ3v) is 3.21. The fourth-order valence-corrected chi connectivity index (χ4v) is 2.15. The van der Waals surface area contributed by atoms with Crippen LogP contribution in [-0.2, 0) is 9.34 Å². The van der Waals surface area contributed by atoms with Gasteiger partial charge in [-0.05, 0) is 0 Å². The van der Waals surface area contributed by atoms with Crippen molar-refractivity contribution in [1.82, 2.24) is 0 Å². The van der Waals surface area contributed by atoms with Crippen LogP contribution in [0.2, 0.25) is 4.55 Å². The largest absolute Gasteiger partial charge is 0.381 e. The number of hydrogen-bond donors (Lipinski definition) is 0. The monoisotopic (exact) mass is 158 g/mol. The van der Waals surface area contributed by atoms with E-state index in [0.717, 1.165) is 15.4 Å². The van der Waals surface area contributed by atoms with Gasteiger partial charge >= 0.3 is 20.4 Å². The van der Waals surface area contributed by atoms with Crippen LogP contribution in [0.3, 0.4) is 0 Å². The van der Waals surface area contributed by atoms with Crippen molar-refractivity contribution in [3.05, 3.63) is 35.9 Å². The van der Waals surface area contributed by atoms with Crippen molar-refractivity contribution in [3.63, 3.8) is 0 Å². The lowest BCUT2D eigenvalue weighted by Gasteiger charge is -1.94. The highest BCUT2D eigenvalue weighted by Crippen LogP contribution is 1.98. The first-order valence-corrected chi connectivity index (χ1v) is 5.91. The van der Waals surface area contributed by atoms with Crippen LogP contribution < -0.4 is 0 Å². The molecule has 0 atom stereocenters. The predicted molar refractivity (Wildman–Crippen MR) is 46.8 cm³/mol. The van der Waals surface area contributed by atoms with Crippen LogP contribution >= 0.6 is 0 Å². The summed E-state index contributed by atoms with van der Waals surface area (Å²) in [5.74, 6) is 0. The average Bonchev–Trinajstić information content (AvgIpc) is 2.07. The molecule has 0 aromatic heterocycles. The van der Waals surface area contributed by atoms with E-state index < -0.39 is 0 Å². The second-order valence-electron chi connectivity index (χ2n) is 2.54. The van der Waals surface area contributed by atoms with Crippen molar-refractivity contribution in [3.8, 4) is 0 Å². The summed E-state index contributed by atoms with van der Waals surface area (Å²) in [6.07, 6.45) is 1.04. The van der Waals surface area contributed by atoms with E-state index in [1.165, 1.54) is 5.56 Å². The molecule has 1 rings (SSSR count). The molecule has 0 spiro atoms. The molecule has 0 unspecified atom stereocenters. The van der Waals surface area contributed by atoms with Gasteiger partial charge in [-0.3, -0.25) is 0 Å². The molecule has 0 aliphatic heterocycles. The number of benzene rings is 1. The minimum absolute atomic E-state index is 0.155. The van der Waals surface area contributed by atoms with Crippen molar-refractivity contribution in [2.24, 2.45) is 0 Å². The van der Waals surface area contributed by atoms with E-state index in [1.54, 1.807) is 0 Å². The molecule has 1 nitrogen and oxygen atoms in total. The molecule has 0 aliphatic rings. The number of aldehydes is 1. The molecule has 2 heteroatoms. The maximum Gasteiger partial charge on any atom is 0.381 e. The number of hydrogen-bond acceptors (Lipinski definition) is 1. The van der Waals surface area contributed by atoms with Gasteiger partial charge in [0.25, 0.3) is 0 Å². The van der Waals surface area contributed by atoms with Crippen LogP contribution in [-0.4, -0.2) is 26.7 Å². The third kappa shape index (κ3) is 3.53. The molecular weight excluding hydrogens is 148 g/mol. The van der Waals surface area contributed by atoms with Gasteiger partial charge in [-0.25, -0.2) is 0 Å². The van der Waals surface area contributed by atoms with E-state index in [4.69, 9.17) is 0 Å². The number of rotatable bonds is 4. The summed E-state index contributed by atoms with van der Waals surface area (Å²) in [5.41, 5.74) is 1.38. The second-order valence-corrected chi connectivity index (χ2v) is 4.33. The van der Waals surface area contributed by atoms with Gasteiger partial charge in [0.1, 0.15) is 0 Å². The highest BCUT2D eigenvalue weighted by atomic mass is 24.5. The zero-order chi connectivity index (χ0) is 7.94. The second kappa shape index (κ2) is 5.33. The Kier molecular flexibility index (Phi) is 4.24. The number of carbonyl (C=O) groups excluding carboxylic acids is 1. The molecule has 0 saturated heterocycles. The molecule has 1 aromatic carbocycles. The molecule has 0 radical (unpaired) electrons. The van der Waals surface area contributed by atoms with Gasteiger partial charge in [0.2, 0.25) is 0 Å². The Balaban J connectivity index is 2.33. The van der Waals surface area contributed by atoms with Crippen LogP contribution in [0, 0.1) is 0 Å². The summed E-state index contributed by atoms with van der Waals surface area (Å²) in [5, 5.41) is 0. The fourth-order valence-electron chi connectivity index (χ4n) is 1.03. The molecule has 0 heterocycles. The first kappa shape index (κ1) is 8.75. The zero-order valence-electron chi connectivity index (χ0n) is 6.49. The zero-order valence-corrected chi connectivity index (χ0v) is 7.91. The summed E-state index contributed by atoms with van der Waals surface area (Å²) < 4.78 is 1.97. The van der Waals surface area contributed by atoms with Gasteiger partial charge in [0.05, 0.1) is 6.29 Å². The quantitative estimate of drug-likeness (QED) is 0.369. The first-order valence-electron chi connectivity index (χ1n) is 3.91. The Bertz CT molecular complexity index is 208. The molecule has 0 fully saturated rings. The van der Waals surface area contributed by atoms with E-state index in [1.807, 2.05) is 18.2 Å². The standard InChI is InChI=1S/C7H7.C2H3O.Mg/c1-7-5-3-2-4-6-7;1-2-3;/h2-6H,1H2;2H,1H2;. The highest BCUT2D eigenvalue weighted by molar-refractivity contribution is 6.39. The SMILES string of the molecule is O=C[CH2][Mg][CH2]c1ccccc1. The van der Waals surface area contributed by atoms with Gasteiger partial charge in [-0.1, -0.05) is 40.4 Å². The summed E-state index contributed by atoms with van der Waals surface area (Å²) in [4.78, 5) is 10.0. The smallest absolute Gasteiger partial charge is 0.306 e. The minimum Gasteiger partial charge on any atom is -0.306 e. The molecule has 0 amide bonds. The van der Waals surface area contributed by atoms with E-state index in [2.05, 4.69) is 12.1 Å². The summed E-state index contributed by atoms with van der Waals surface area (Å²) in [6.45, 7) is 0. The summed E-state index contributed by atoms with van der Waals surface area (Å²) in [6, 6.07) is 10.4. The van der Waals surface area contributed by atoms with Crippen molar-refractivity contribution >= 4 is 26.7 Å². The molecule has 0 aliphatic carbocycles. The molecule has 1 aromatic rings. The maximum atomic E-state index is 10.0. The lowest BCUT2D eigenvalue weighted by atomic mass is 10.2. The Morgan fingerprint density at radius 2 is 2.00 bits per heavy atom. The topological polar surface area (TPSA) is 17.1 Å². The molecule has 11 heavy (non-hydrogen) atoms. The summed E-state index contributed by atoms with van der Waals surface area (Å²) in [7, 11) is 0. The van der Waals surface area contributed by atoms with Crippen molar-refractivity contribution in [2.75, 3.05) is 0 Å². The van der Waals surface area contributed by atoms with E-state index in [-0.39, 0.29) is 20.4 Å². The van der Waals surface area contributed by atoms with Crippen molar-refractivity contribution in [2.45, 2.75) is 9.10 Å². The molecule has 54 valence electrons. The Labute approximate surface area is 76.5 Å². The molecule has 0 bridgehead atoms. The maximum absolute atomic E-state index is 10.0. The van der Waals surface area contributed by atoms with Gasteiger partial charge in [-0.15, -0.1) is 4.55 Å². The van der Waals surface area contributed by atoms with Crippen LogP contribution in [0.5, 0.6) is 0 Å². The van der Waals surface area contributed by atoms with E-state index in [0.29, 0.717) is 0 Å². The lowest BCUT2D eigenvalue weighted by Crippen LogP contribution is -1.95. The van der Waals surface area contributed by atoms with Gasteiger partial charge in [0.15, 0.2) is 0 Å². The minimum atomic E-state index is -0.155. The predicted octanol–water partition coefficient (Wildman–Crippen LogP) is 1.51. The summed E-state index contributed by atoms with van der Waals surface area (Å²) >= 11 is -0.155. The van der Waals surface area contributed by atoms with Crippen LogP contribution in [0.25, 0.3) is 0 Å². The van der Waals surface area contributed by atoms with Gasteiger partial charge < -0.3 is 4.79 Å².